The number of aromatic nitrogens is 4. The smallest absolute Gasteiger partial charge is 0.231 e. The maximum atomic E-state index is 13.5. The first-order chi connectivity index (χ1) is 13.7. The summed E-state index contributed by atoms with van der Waals surface area (Å²) in [7, 11) is 0. The number of hydrogen-bond donors (Lipinski definition) is 1. The van der Waals surface area contributed by atoms with Crippen molar-refractivity contribution in [2.45, 2.75) is 32.1 Å². The van der Waals surface area contributed by atoms with Crippen LogP contribution < -0.4 is 10.1 Å². The number of ether oxygens (including phenoxy) is 1. The third kappa shape index (κ3) is 4.27. The molecule has 146 valence electrons. The topological polar surface area (TPSA) is 81.4 Å². The molecule has 1 fully saturated rings. The van der Waals surface area contributed by atoms with Gasteiger partial charge in [0.2, 0.25) is 11.8 Å². The Kier molecular flexibility index (Phi) is 5.45. The number of nitrogens with one attached hydrogen (secondary N) is 1. The van der Waals surface area contributed by atoms with Crippen molar-refractivity contribution in [1.29, 1.82) is 0 Å². The van der Waals surface area contributed by atoms with Gasteiger partial charge < -0.3 is 10.1 Å². The summed E-state index contributed by atoms with van der Waals surface area (Å²) in [6, 6.07) is 9.53. The summed E-state index contributed by atoms with van der Waals surface area (Å²) in [6.45, 7) is 0.733. The normalized spacial score (nSPS) is 14.5. The Balaban J connectivity index is 1.35. The van der Waals surface area contributed by atoms with E-state index in [0.29, 0.717) is 48.4 Å². The van der Waals surface area contributed by atoms with Crippen LogP contribution in [0.25, 0.3) is 17.0 Å². The van der Waals surface area contributed by atoms with E-state index in [4.69, 9.17) is 4.74 Å². The van der Waals surface area contributed by atoms with E-state index in [1.807, 2.05) is 0 Å². The second-order valence-electron chi connectivity index (χ2n) is 7.03. The molecular formula is C20H22FN5O2. The third-order valence-electron chi connectivity index (χ3n) is 4.94. The molecule has 0 aliphatic heterocycles. The molecule has 1 N–H and O–H groups in total. The SMILES string of the molecule is O=C(CC1CCCC1)NCCOc1ccc2nnc(-c3cccc(F)c3)n2n1. The Bertz CT molecular complexity index is 968. The van der Waals surface area contributed by atoms with Crippen molar-refractivity contribution in [1.82, 2.24) is 25.1 Å². The second kappa shape index (κ2) is 8.33. The van der Waals surface area contributed by atoms with Crippen molar-refractivity contribution in [2.24, 2.45) is 5.92 Å². The number of fused-ring (bicyclic) bond motifs is 1. The number of nitrogens with zero attached hydrogens (tertiary/aromatic N) is 4. The van der Waals surface area contributed by atoms with Crippen molar-refractivity contribution in [3.8, 4) is 17.3 Å². The van der Waals surface area contributed by atoms with Gasteiger partial charge in [-0.25, -0.2) is 4.39 Å². The predicted molar refractivity (Wildman–Crippen MR) is 101 cm³/mol. The van der Waals surface area contributed by atoms with Crippen LogP contribution in [0.5, 0.6) is 5.88 Å². The van der Waals surface area contributed by atoms with Gasteiger partial charge in [-0.15, -0.1) is 15.3 Å². The summed E-state index contributed by atoms with van der Waals surface area (Å²) >= 11 is 0. The number of carbonyl (C=O) groups is 1. The van der Waals surface area contributed by atoms with Gasteiger partial charge in [0.1, 0.15) is 12.4 Å². The van der Waals surface area contributed by atoms with Crippen LogP contribution in [-0.4, -0.2) is 38.9 Å². The van der Waals surface area contributed by atoms with E-state index in [-0.39, 0.29) is 11.7 Å². The first-order valence-corrected chi connectivity index (χ1v) is 9.57. The zero-order valence-corrected chi connectivity index (χ0v) is 15.5. The maximum Gasteiger partial charge on any atom is 0.231 e. The standard InChI is InChI=1S/C20H22FN5O2/c21-16-7-3-6-15(13-16)20-24-23-17-8-9-19(25-26(17)20)28-11-10-22-18(27)12-14-4-1-2-5-14/h3,6-9,13-14H,1-2,4-5,10-12H2,(H,22,27). The minimum atomic E-state index is -0.352. The predicted octanol–water partition coefficient (Wildman–Crippen LogP) is 3.01. The number of amides is 1. The van der Waals surface area contributed by atoms with E-state index in [1.165, 1.54) is 29.5 Å². The monoisotopic (exact) mass is 383 g/mol. The van der Waals surface area contributed by atoms with E-state index in [2.05, 4.69) is 20.6 Å². The van der Waals surface area contributed by atoms with E-state index in [1.54, 1.807) is 24.3 Å². The molecule has 0 bridgehead atoms. The van der Waals surface area contributed by atoms with Crippen LogP contribution in [0.4, 0.5) is 4.39 Å². The fourth-order valence-electron chi connectivity index (χ4n) is 3.55. The van der Waals surface area contributed by atoms with Crippen LogP contribution in [-0.2, 0) is 4.79 Å². The highest BCUT2D eigenvalue weighted by Crippen LogP contribution is 2.27. The van der Waals surface area contributed by atoms with Crippen molar-refractivity contribution < 1.29 is 13.9 Å². The fourth-order valence-corrected chi connectivity index (χ4v) is 3.55. The Morgan fingerprint density at radius 3 is 2.89 bits per heavy atom. The number of rotatable bonds is 7. The molecule has 3 aromatic rings. The van der Waals surface area contributed by atoms with Crippen LogP contribution in [0.1, 0.15) is 32.1 Å². The van der Waals surface area contributed by atoms with Crippen LogP contribution in [0.3, 0.4) is 0 Å². The van der Waals surface area contributed by atoms with Gasteiger partial charge in [-0.3, -0.25) is 4.79 Å². The minimum absolute atomic E-state index is 0.0751. The lowest BCUT2D eigenvalue weighted by Crippen LogP contribution is -2.29. The maximum absolute atomic E-state index is 13.5. The molecule has 2 aromatic heterocycles. The average molecular weight is 383 g/mol. The van der Waals surface area contributed by atoms with E-state index >= 15 is 0 Å². The molecule has 8 heteroatoms. The third-order valence-corrected chi connectivity index (χ3v) is 4.94. The van der Waals surface area contributed by atoms with Gasteiger partial charge in [0.05, 0.1) is 6.54 Å². The molecule has 4 rings (SSSR count). The molecule has 0 spiro atoms. The molecule has 0 radical (unpaired) electrons. The van der Waals surface area contributed by atoms with E-state index in [9.17, 15) is 9.18 Å². The Morgan fingerprint density at radius 1 is 1.21 bits per heavy atom. The first-order valence-electron chi connectivity index (χ1n) is 9.57. The quantitative estimate of drug-likeness (QED) is 0.635. The highest BCUT2D eigenvalue weighted by molar-refractivity contribution is 5.76. The van der Waals surface area contributed by atoms with Crippen molar-refractivity contribution in [3.05, 3.63) is 42.2 Å². The van der Waals surface area contributed by atoms with Gasteiger partial charge in [-0.1, -0.05) is 25.0 Å². The van der Waals surface area contributed by atoms with Gasteiger partial charge in [-0.05, 0) is 37.0 Å². The van der Waals surface area contributed by atoms with Crippen LogP contribution >= 0.6 is 0 Å². The Hall–Kier alpha value is -3.03. The molecule has 1 aromatic carbocycles. The molecule has 28 heavy (non-hydrogen) atoms. The number of halogens is 1. The van der Waals surface area contributed by atoms with Crippen molar-refractivity contribution in [3.63, 3.8) is 0 Å². The van der Waals surface area contributed by atoms with Gasteiger partial charge >= 0.3 is 0 Å². The van der Waals surface area contributed by atoms with Crippen LogP contribution in [0.15, 0.2) is 36.4 Å². The van der Waals surface area contributed by atoms with Gasteiger partial charge in [0.15, 0.2) is 11.5 Å². The number of carbonyl (C=O) groups excluding carboxylic acids is 1. The van der Waals surface area contributed by atoms with Gasteiger partial charge in [-0.2, -0.15) is 4.52 Å². The van der Waals surface area contributed by atoms with Gasteiger partial charge in [0, 0.05) is 18.1 Å². The lowest BCUT2D eigenvalue weighted by Gasteiger charge is -2.10. The average Bonchev–Trinajstić information content (AvgIpc) is 3.34. The van der Waals surface area contributed by atoms with Crippen LogP contribution in [0, 0.1) is 11.7 Å². The molecule has 1 saturated carbocycles. The summed E-state index contributed by atoms with van der Waals surface area (Å²) < 4.78 is 20.7. The van der Waals surface area contributed by atoms with Crippen LogP contribution in [0.2, 0.25) is 0 Å². The largest absolute Gasteiger partial charge is 0.475 e. The molecule has 1 aliphatic carbocycles. The molecule has 0 unspecified atom stereocenters. The Labute approximate surface area is 161 Å². The minimum Gasteiger partial charge on any atom is -0.475 e. The van der Waals surface area contributed by atoms with Gasteiger partial charge in [0.25, 0.3) is 0 Å². The molecular weight excluding hydrogens is 361 g/mol. The summed E-state index contributed by atoms with van der Waals surface area (Å²) in [4.78, 5) is 11.9. The summed E-state index contributed by atoms with van der Waals surface area (Å²) in [5.74, 6) is 1.07. The zero-order valence-electron chi connectivity index (χ0n) is 15.5. The summed E-state index contributed by atoms with van der Waals surface area (Å²) in [6.07, 6.45) is 5.37. The summed E-state index contributed by atoms with van der Waals surface area (Å²) in [5, 5.41) is 15.4. The number of benzene rings is 1. The van der Waals surface area contributed by atoms with Crippen molar-refractivity contribution >= 4 is 11.6 Å². The first kappa shape index (κ1) is 18.3. The van der Waals surface area contributed by atoms with Crippen molar-refractivity contribution in [2.75, 3.05) is 13.2 Å². The molecule has 1 amide bonds. The van der Waals surface area contributed by atoms with E-state index in [0.717, 1.165) is 12.8 Å². The fraction of sp³-hybridized carbons (Fsp3) is 0.400. The highest BCUT2D eigenvalue weighted by atomic mass is 19.1. The highest BCUT2D eigenvalue weighted by Gasteiger charge is 2.18. The molecule has 0 saturated heterocycles. The molecule has 7 nitrogen and oxygen atoms in total. The van der Waals surface area contributed by atoms with E-state index < -0.39 is 0 Å². The lowest BCUT2D eigenvalue weighted by molar-refractivity contribution is -0.122. The zero-order chi connectivity index (χ0) is 19.3. The number of hydrogen-bond acceptors (Lipinski definition) is 5. The molecule has 1 aliphatic rings. The Morgan fingerprint density at radius 2 is 2.07 bits per heavy atom. The molecule has 0 atom stereocenters. The second-order valence-corrected chi connectivity index (χ2v) is 7.03. The molecule has 2 heterocycles. The lowest BCUT2D eigenvalue weighted by atomic mass is 10.0. The summed E-state index contributed by atoms with van der Waals surface area (Å²) in [5.41, 5.74) is 1.12.